The molecule has 122 valence electrons. The minimum Gasteiger partial charge on any atom is -0.326 e. The van der Waals surface area contributed by atoms with Gasteiger partial charge in [0.25, 0.3) is 5.91 Å². The molecule has 1 aliphatic rings. The van der Waals surface area contributed by atoms with E-state index in [-0.39, 0.29) is 18.3 Å². The van der Waals surface area contributed by atoms with E-state index in [9.17, 15) is 4.79 Å². The highest BCUT2D eigenvalue weighted by Gasteiger charge is 2.23. The highest BCUT2D eigenvalue weighted by molar-refractivity contribution is 6.07. The number of para-hydroxylation sites is 1. The van der Waals surface area contributed by atoms with E-state index in [0.29, 0.717) is 6.54 Å². The third-order valence-corrected chi connectivity index (χ3v) is 4.36. The van der Waals surface area contributed by atoms with Crippen molar-refractivity contribution >= 4 is 24.0 Å². The number of hydrogen-bond acceptors (Lipinski definition) is 2. The van der Waals surface area contributed by atoms with Crippen molar-refractivity contribution < 1.29 is 4.79 Å². The molecule has 1 heterocycles. The van der Waals surface area contributed by atoms with Gasteiger partial charge < -0.3 is 10.6 Å². The van der Waals surface area contributed by atoms with Crippen molar-refractivity contribution in [1.82, 2.24) is 0 Å². The Balaban J connectivity index is 0.00000192. The summed E-state index contributed by atoms with van der Waals surface area (Å²) in [5.41, 5.74) is 10.8. The number of halogens is 1. The molecule has 23 heavy (non-hydrogen) atoms. The van der Waals surface area contributed by atoms with Gasteiger partial charge in [0.05, 0.1) is 0 Å². The molecule has 0 atom stereocenters. The minimum absolute atomic E-state index is 0. The van der Waals surface area contributed by atoms with Gasteiger partial charge >= 0.3 is 0 Å². The zero-order chi connectivity index (χ0) is 15.5. The van der Waals surface area contributed by atoms with Gasteiger partial charge in [-0.3, -0.25) is 4.79 Å². The van der Waals surface area contributed by atoms with Crippen LogP contribution in [0.3, 0.4) is 0 Å². The summed E-state index contributed by atoms with van der Waals surface area (Å²) in [6.07, 6.45) is 3.22. The van der Waals surface area contributed by atoms with E-state index in [2.05, 4.69) is 12.1 Å². The van der Waals surface area contributed by atoms with Crippen LogP contribution in [0, 0.1) is 6.92 Å². The lowest BCUT2D eigenvalue weighted by Gasteiger charge is -2.24. The Kier molecular flexibility index (Phi) is 5.80. The van der Waals surface area contributed by atoms with Crippen molar-refractivity contribution in [2.75, 3.05) is 11.4 Å². The van der Waals surface area contributed by atoms with Gasteiger partial charge in [-0.1, -0.05) is 30.3 Å². The van der Waals surface area contributed by atoms with Crippen LogP contribution in [0.5, 0.6) is 0 Å². The lowest BCUT2D eigenvalue weighted by Crippen LogP contribution is -2.32. The monoisotopic (exact) mass is 330 g/mol. The second-order valence-electron chi connectivity index (χ2n) is 5.90. The number of hydrogen-bond donors (Lipinski definition) is 1. The van der Waals surface area contributed by atoms with E-state index >= 15 is 0 Å². The first kappa shape index (κ1) is 17.5. The van der Waals surface area contributed by atoms with Gasteiger partial charge in [0.2, 0.25) is 0 Å². The molecule has 2 aromatic rings. The number of anilines is 1. The van der Waals surface area contributed by atoms with Crippen LogP contribution in [0.25, 0.3) is 0 Å². The van der Waals surface area contributed by atoms with E-state index < -0.39 is 0 Å². The largest absolute Gasteiger partial charge is 0.326 e. The number of fused-ring (bicyclic) bond motifs is 1. The Hall–Kier alpha value is -1.84. The topological polar surface area (TPSA) is 46.3 Å². The molecular weight excluding hydrogens is 308 g/mol. The molecule has 2 N–H and O–H groups in total. The maximum absolute atomic E-state index is 13.0. The normalized spacial score (nSPS) is 13.7. The van der Waals surface area contributed by atoms with E-state index in [1.807, 2.05) is 42.2 Å². The smallest absolute Gasteiger partial charge is 0.258 e. The van der Waals surface area contributed by atoms with Crippen LogP contribution in [0.1, 0.15) is 39.9 Å². The molecule has 1 amide bonds. The fourth-order valence-corrected chi connectivity index (χ4v) is 3.14. The van der Waals surface area contributed by atoms with Crippen LogP contribution in [0.4, 0.5) is 5.69 Å². The number of carbonyl (C=O) groups excluding carboxylic acids is 1. The fourth-order valence-electron chi connectivity index (χ4n) is 3.14. The first-order valence-electron chi connectivity index (χ1n) is 7.90. The van der Waals surface area contributed by atoms with E-state index in [4.69, 9.17) is 5.73 Å². The molecule has 0 aliphatic carbocycles. The molecule has 0 radical (unpaired) electrons. The molecule has 0 saturated carbocycles. The van der Waals surface area contributed by atoms with Crippen LogP contribution < -0.4 is 10.6 Å². The molecule has 0 unspecified atom stereocenters. The second kappa shape index (κ2) is 7.62. The zero-order valence-electron chi connectivity index (χ0n) is 13.4. The number of rotatable bonds is 2. The van der Waals surface area contributed by atoms with Crippen molar-refractivity contribution in [2.24, 2.45) is 5.73 Å². The highest BCUT2D eigenvalue weighted by atomic mass is 35.5. The molecular formula is C19H23ClN2O. The van der Waals surface area contributed by atoms with E-state index in [1.54, 1.807) is 0 Å². The summed E-state index contributed by atoms with van der Waals surface area (Å²) in [6.45, 7) is 3.27. The number of carbonyl (C=O) groups is 1. The van der Waals surface area contributed by atoms with Crippen LogP contribution >= 0.6 is 12.4 Å². The predicted octanol–water partition coefficient (Wildman–Crippen LogP) is 3.86. The van der Waals surface area contributed by atoms with Gasteiger partial charge in [0.1, 0.15) is 0 Å². The van der Waals surface area contributed by atoms with Crippen LogP contribution in [-0.2, 0) is 13.0 Å². The van der Waals surface area contributed by atoms with E-state index in [0.717, 1.165) is 48.2 Å². The van der Waals surface area contributed by atoms with Gasteiger partial charge in [-0.25, -0.2) is 0 Å². The quantitative estimate of drug-likeness (QED) is 0.908. The summed E-state index contributed by atoms with van der Waals surface area (Å²) in [4.78, 5) is 15.0. The molecule has 3 rings (SSSR count). The first-order valence-corrected chi connectivity index (χ1v) is 7.90. The Bertz CT molecular complexity index is 700. The van der Waals surface area contributed by atoms with Crippen molar-refractivity contribution in [3.63, 3.8) is 0 Å². The highest BCUT2D eigenvalue weighted by Crippen LogP contribution is 2.28. The van der Waals surface area contributed by atoms with Crippen molar-refractivity contribution in [2.45, 2.75) is 32.7 Å². The number of benzene rings is 2. The number of nitrogens with two attached hydrogens (primary N) is 1. The first-order chi connectivity index (χ1) is 10.7. The molecule has 3 nitrogen and oxygen atoms in total. The van der Waals surface area contributed by atoms with E-state index in [1.165, 1.54) is 5.56 Å². The van der Waals surface area contributed by atoms with Gasteiger partial charge in [-0.15, -0.1) is 12.4 Å². The molecule has 0 aromatic heterocycles. The summed E-state index contributed by atoms with van der Waals surface area (Å²) in [7, 11) is 0. The molecule has 1 aliphatic heterocycles. The average Bonchev–Trinajstić information content (AvgIpc) is 2.76. The van der Waals surface area contributed by atoms with Gasteiger partial charge in [-0.2, -0.15) is 0 Å². The van der Waals surface area contributed by atoms with Crippen molar-refractivity contribution in [3.05, 3.63) is 64.7 Å². The standard InChI is InChI=1S/C19H22N2O.ClH/c1-14-12-15(13-20)9-10-17(14)19(22)21-11-5-4-7-16-6-2-3-8-18(16)21;/h2-3,6,8-10,12H,4-5,7,11,13,20H2,1H3;1H. The van der Waals surface area contributed by atoms with Gasteiger partial charge in [0.15, 0.2) is 0 Å². The van der Waals surface area contributed by atoms with Crippen LogP contribution in [-0.4, -0.2) is 12.5 Å². The number of amides is 1. The average molecular weight is 331 g/mol. The molecule has 0 saturated heterocycles. The Morgan fingerprint density at radius 3 is 2.70 bits per heavy atom. The molecule has 2 aromatic carbocycles. The van der Waals surface area contributed by atoms with Crippen LogP contribution in [0.15, 0.2) is 42.5 Å². The summed E-state index contributed by atoms with van der Waals surface area (Å²) in [6, 6.07) is 14.1. The zero-order valence-corrected chi connectivity index (χ0v) is 14.2. The SMILES string of the molecule is Cc1cc(CN)ccc1C(=O)N1CCCCc2ccccc21.Cl. The third-order valence-electron chi connectivity index (χ3n) is 4.36. The Morgan fingerprint density at radius 2 is 1.96 bits per heavy atom. The number of aryl methyl sites for hydroxylation is 2. The summed E-state index contributed by atoms with van der Waals surface area (Å²) in [5.74, 6) is 0.0930. The predicted molar refractivity (Wildman–Crippen MR) is 97.4 cm³/mol. The lowest BCUT2D eigenvalue weighted by molar-refractivity contribution is 0.0986. The maximum Gasteiger partial charge on any atom is 0.258 e. The lowest BCUT2D eigenvalue weighted by atomic mass is 10.0. The molecule has 0 bridgehead atoms. The molecule has 0 fully saturated rings. The summed E-state index contributed by atoms with van der Waals surface area (Å²) < 4.78 is 0. The summed E-state index contributed by atoms with van der Waals surface area (Å²) >= 11 is 0. The van der Waals surface area contributed by atoms with Gasteiger partial charge in [0, 0.05) is 24.3 Å². The van der Waals surface area contributed by atoms with Crippen LogP contribution in [0.2, 0.25) is 0 Å². The third kappa shape index (κ3) is 3.57. The Labute approximate surface area is 143 Å². The number of nitrogens with zero attached hydrogens (tertiary/aromatic N) is 1. The molecule has 0 spiro atoms. The van der Waals surface area contributed by atoms with Crippen molar-refractivity contribution in [3.8, 4) is 0 Å². The second-order valence-corrected chi connectivity index (χ2v) is 5.90. The Morgan fingerprint density at radius 1 is 1.17 bits per heavy atom. The molecule has 4 heteroatoms. The summed E-state index contributed by atoms with van der Waals surface area (Å²) in [5, 5.41) is 0. The fraction of sp³-hybridized carbons (Fsp3) is 0.316. The maximum atomic E-state index is 13.0. The van der Waals surface area contributed by atoms with Crippen molar-refractivity contribution in [1.29, 1.82) is 0 Å². The minimum atomic E-state index is 0. The van der Waals surface area contributed by atoms with Gasteiger partial charge in [-0.05, 0) is 55.0 Å².